The van der Waals surface area contributed by atoms with Gasteiger partial charge in [0.2, 0.25) is 0 Å². The van der Waals surface area contributed by atoms with Crippen LogP contribution in [0.2, 0.25) is 0 Å². The lowest BCUT2D eigenvalue weighted by Gasteiger charge is -2.11. The molecule has 100 valence electrons. The summed E-state index contributed by atoms with van der Waals surface area (Å²) in [6, 6.07) is 13.3. The van der Waals surface area contributed by atoms with Crippen LogP contribution in [0.5, 0.6) is 0 Å². The molecular weight excluding hydrogens is 250 g/mol. The molecule has 0 unspecified atom stereocenters. The van der Waals surface area contributed by atoms with E-state index in [0.717, 1.165) is 6.42 Å². The zero-order valence-corrected chi connectivity index (χ0v) is 12.7. The summed E-state index contributed by atoms with van der Waals surface area (Å²) >= 11 is 1.84. The molecule has 0 aromatic heterocycles. The molecule has 0 spiro atoms. The van der Waals surface area contributed by atoms with E-state index in [2.05, 4.69) is 57.2 Å². The van der Waals surface area contributed by atoms with Crippen LogP contribution in [0.15, 0.2) is 46.2 Å². The van der Waals surface area contributed by atoms with Crippen molar-refractivity contribution in [2.75, 3.05) is 6.54 Å². The first-order chi connectivity index (χ1) is 9.10. The molecule has 0 atom stereocenters. The van der Waals surface area contributed by atoms with E-state index in [9.17, 15) is 0 Å². The number of hydrogen-bond acceptors (Lipinski definition) is 2. The van der Waals surface area contributed by atoms with E-state index in [4.69, 9.17) is 5.73 Å². The maximum atomic E-state index is 5.71. The molecule has 2 aromatic carbocycles. The van der Waals surface area contributed by atoms with Crippen LogP contribution < -0.4 is 5.73 Å². The standard InChI is InChI=1S/C17H21NS/c1-12-4-6-16(14(3)10-12)19-17-7-5-13(2)11-15(17)8-9-18/h4-7,10-11H,8-9,18H2,1-3H3. The summed E-state index contributed by atoms with van der Waals surface area (Å²) in [6.07, 6.45) is 0.939. The van der Waals surface area contributed by atoms with Crippen molar-refractivity contribution in [3.05, 3.63) is 58.7 Å². The van der Waals surface area contributed by atoms with E-state index in [-0.39, 0.29) is 0 Å². The minimum absolute atomic E-state index is 0.698. The van der Waals surface area contributed by atoms with Crippen LogP contribution in [0.25, 0.3) is 0 Å². The second kappa shape index (κ2) is 6.27. The first-order valence-electron chi connectivity index (χ1n) is 6.65. The first-order valence-corrected chi connectivity index (χ1v) is 7.46. The lowest BCUT2D eigenvalue weighted by atomic mass is 10.1. The molecule has 0 bridgehead atoms. The Hall–Kier alpha value is -1.25. The third-order valence-corrected chi connectivity index (χ3v) is 4.48. The average molecular weight is 271 g/mol. The molecule has 0 aliphatic heterocycles. The van der Waals surface area contributed by atoms with Crippen molar-refractivity contribution in [2.24, 2.45) is 5.73 Å². The fourth-order valence-electron chi connectivity index (χ4n) is 2.19. The number of aryl methyl sites for hydroxylation is 3. The third-order valence-electron chi connectivity index (χ3n) is 3.18. The molecule has 0 aliphatic rings. The van der Waals surface area contributed by atoms with E-state index in [1.807, 2.05) is 11.8 Å². The Morgan fingerprint density at radius 2 is 1.53 bits per heavy atom. The fourth-order valence-corrected chi connectivity index (χ4v) is 3.21. The maximum Gasteiger partial charge on any atom is 0.0155 e. The minimum Gasteiger partial charge on any atom is -0.330 e. The SMILES string of the molecule is Cc1ccc(Sc2ccc(C)cc2CCN)c(C)c1. The van der Waals surface area contributed by atoms with Gasteiger partial charge in [0.15, 0.2) is 0 Å². The highest BCUT2D eigenvalue weighted by atomic mass is 32.2. The van der Waals surface area contributed by atoms with Crippen molar-refractivity contribution >= 4 is 11.8 Å². The molecule has 0 fully saturated rings. The first kappa shape index (κ1) is 14.2. The Morgan fingerprint density at radius 3 is 2.16 bits per heavy atom. The van der Waals surface area contributed by atoms with Gasteiger partial charge in [-0.25, -0.2) is 0 Å². The Bertz CT molecular complexity index is 575. The normalized spacial score (nSPS) is 10.7. The zero-order valence-electron chi connectivity index (χ0n) is 11.9. The van der Waals surface area contributed by atoms with Crippen LogP contribution in [0, 0.1) is 20.8 Å². The Labute approximate surface area is 120 Å². The van der Waals surface area contributed by atoms with Gasteiger partial charge < -0.3 is 5.73 Å². The van der Waals surface area contributed by atoms with Gasteiger partial charge in [0, 0.05) is 9.79 Å². The van der Waals surface area contributed by atoms with Gasteiger partial charge in [0.1, 0.15) is 0 Å². The summed E-state index contributed by atoms with van der Waals surface area (Å²) in [4.78, 5) is 2.65. The van der Waals surface area contributed by atoms with Crippen LogP contribution >= 0.6 is 11.8 Å². The number of hydrogen-bond donors (Lipinski definition) is 1. The quantitative estimate of drug-likeness (QED) is 0.899. The molecule has 0 aliphatic carbocycles. The van der Waals surface area contributed by atoms with Gasteiger partial charge in [-0.05, 0) is 57.0 Å². The van der Waals surface area contributed by atoms with Gasteiger partial charge in [-0.15, -0.1) is 0 Å². The zero-order chi connectivity index (χ0) is 13.8. The van der Waals surface area contributed by atoms with Crippen LogP contribution in [-0.4, -0.2) is 6.54 Å². The smallest absolute Gasteiger partial charge is 0.0155 e. The van der Waals surface area contributed by atoms with Crippen molar-refractivity contribution in [2.45, 2.75) is 37.0 Å². The van der Waals surface area contributed by atoms with E-state index < -0.39 is 0 Å². The molecule has 1 nitrogen and oxygen atoms in total. The fraction of sp³-hybridized carbons (Fsp3) is 0.294. The molecule has 2 rings (SSSR count). The predicted molar refractivity (Wildman–Crippen MR) is 84.0 cm³/mol. The Morgan fingerprint density at radius 1 is 0.895 bits per heavy atom. The largest absolute Gasteiger partial charge is 0.330 e. The lowest BCUT2D eigenvalue weighted by Crippen LogP contribution is -2.04. The molecule has 0 radical (unpaired) electrons. The summed E-state index contributed by atoms with van der Waals surface area (Å²) in [5.74, 6) is 0. The van der Waals surface area contributed by atoms with Crippen molar-refractivity contribution < 1.29 is 0 Å². The van der Waals surface area contributed by atoms with Crippen LogP contribution in [0.1, 0.15) is 22.3 Å². The van der Waals surface area contributed by atoms with Crippen LogP contribution in [0.4, 0.5) is 0 Å². The number of benzene rings is 2. The van der Waals surface area contributed by atoms with Gasteiger partial charge in [0.25, 0.3) is 0 Å². The van der Waals surface area contributed by atoms with Gasteiger partial charge in [0.05, 0.1) is 0 Å². The highest BCUT2D eigenvalue weighted by molar-refractivity contribution is 7.99. The van der Waals surface area contributed by atoms with Crippen LogP contribution in [-0.2, 0) is 6.42 Å². The predicted octanol–water partition coefficient (Wildman–Crippen LogP) is 4.26. The second-order valence-electron chi connectivity index (χ2n) is 5.02. The summed E-state index contributed by atoms with van der Waals surface area (Å²) < 4.78 is 0. The van der Waals surface area contributed by atoms with E-state index in [1.54, 1.807) is 0 Å². The minimum atomic E-state index is 0.698. The van der Waals surface area contributed by atoms with Crippen molar-refractivity contribution in [3.63, 3.8) is 0 Å². The van der Waals surface area contributed by atoms with Crippen LogP contribution in [0.3, 0.4) is 0 Å². The van der Waals surface area contributed by atoms with Crippen molar-refractivity contribution in [1.29, 1.82) is 0 Å². The Kier molecular flexibility index (Phi) is 4.67. The topological polar surface area (TPSA) is 26.0 Å². The van der Waals surface area contributed by atoms with Gasteiger partial charge >= 0.3 is 0 Å². The van der Waals surface area contributed by atoms with E-state index in [0.29, 0.717) is 6.54 Å². The third kappa shape index (κ3) is 3.62. The molecule has 2 heteroatoms. The molecule has 19 heavy (non-hydrogen) atoms. The lowest BCUT2D eigenvalue weighted by molar-refractivity contribution is 0.941. The van der Waals surface area contributed by atoms with Gasteiger partial charge in [-0.2, -0.15) is 0 Å². The molecule has 0 amide bonds. The summed E-state index contributed by atoms with van der Waals surface area (Å²) in [6.45, 7) is 7.13. The van der Waals surface area contributed by atoms with Gasteiger partial charge in [-0.1, -0.05) is 47.2 Å². The molecule has 0 saturated carbocycles. The second-order valence-corrected chi connectivity index (χ2v) is 6.10. The molecule has 0 heterocycles. The highest BCUT2D eigenvalue weighted by Crippen LogP contribution is 2.33. The van der Waals surface area contributed by atoms with E-state index in [1.165, 1.54) is 32.0 Å². The average Bonchev–Trinajstić information content (AvgIpc) is 2.36. The maximum absolute atomic E-state index is 5.71. The van der Waals surface area contributed by atoms with Gasteiger partial charge in [-0.3, -0.25) is 0 Å². The number of rotatable bonds is 4. The van der Waals surface area contributed by atoms with E-state index >= 15 is 0 Å². The molecule has 2 aromatic rings. The molecular formula is C17H21NS. The molecule has 0 saturated heterocycles. The van der Waals surface area contributed by atoms with Crippen molar-refractivity contribution in [1.82, 2.24) is 0 Å². The monoisotopic (exact) mass is 271 g/mol. The summed E-state index contributed by atoms with van der Waals surface area (Å²) in [5, 5.41) is 0. The highest BCUT2D eigenvalue weighted by Gasteiger charge is 2.06. The molecule has 2 N–H and O–H groups in total. The summed E-state index contributed by atoms with van der Waals surface area (Å²) in [7, 11) is 0. The van der Waals surface area contributed by atoms with Crippen molar-refractivity contribution in [3.8, 4) is 0 Å². The summed E-state index contributed by atoms with van der Waals surface area (Å²) in [5.41, 5.74) is 11.0. The number of nitrogens with two attached hydrogens (primary N) is 1. The Balaban J connectivity index is 2.32.